The van der Waals surface area contributed by atoms with Gasteiger partial charge in [0.05, 0.1) is 28.8 Å². The van der Waals surface area contributed by atoms with Crippen molar-refractivity contribution in [3.8, 4) is 22.8 Å². The number of hydrogen-bond donors (Lipinski definition) is 3. The summed E-state index contributed by atoms with van der Waals surface area (Å²) in [5, 5.41) is 11.1. The van der Waals surface area contributed by atoms with Crippen molar-refractivity contribution in [2.24, 2.45) is 0 Å². The van der Waals surface area contributed by atoms with Crippen LogP contribution < -0.4 is 5.32 Å². The number of fused-ring (bicyclic) bond motifs is 1. The van der Waals surface area contributed by atoms with E-state index < -0.39 is 0 Å². The summed E-state index contributed by atoms with van der Waals surface area (Å²) < 4.78 is 0. The van der Waals surface area contributed by atoms with Gasteiger partial charge in [-0.2, -0.15) is 5.10 Å². The minimum absolute atomic E-state index is 0.671. The SMILES string of the molecule is C=C/C=C(\c1nc(-c2n[nH]c3ccc(-c4cncc(NC(=C)c5ccccc5)c4)nc23)[nH]c1C)N1CCN(C)CC1. The lowest BCUT2D eigenvalue weighted by atomic mass is 10.1. The molecule has 1 aliphatic heterocycles. The lowest BCUT2D eigenvalue weighted by Gasteiger charge is -2.35. The molecule has 41 heavy (non-hydrogen) atoms. The van der Waals surface area contributed by atoms with E-state index in [4.69, 9.17) is 9.97 Å². The number of allylic oxidation sites excluding steroid dienone is 2. The summed E-state index contributed by atoms with van der Waals surface area (Å²) in [5.41, 5.74) is 9.51. The third-order valence-corrected chi connectivity index (χ3v) is 7.33. The second kappa shape index (κ2) is 11.2. The van der Waals surface area contributed by atoms with Crippen LogP contribution in [-0.2, 0) is 0 Å². The molecule has 0 saturated carbocycles. The second-order valence-electron chi connectivity index (χ2n) is 10.2. The van der Waals surface area contributed by atoms with Crippen LogP contribution in [0.2, 0.25) is 0 Å². The maximum atomic E-state index is 5.01. The molecule has 0 radical (unpaired) electrons. The maximum Gasteiger partial charge on any atom is 0.161 e. The van der Waals surface area contributed by atoms with E-state index in [1.165, 1.54) is 0 Å². The van der Waals surface area contributed by atoms with Crippen molar-refractivity contribution < 1.29 is 0 Å². The zero-order valence-electron chi connectivity index (χ0n) is 23.4. The van der Waals surface area contributed by atoms with E-state index in [1.54, 1.807) is 6.20 Å². The fourth-order valence-corrected chi connectivity index (χ4v) is 5.07. The average molecular weight is 544 g/mol. The number of nitrogens with zero attached hydrogens (tertiary/aromatic N) is 6. The van der Waals surface area contributed by atoms with E-state index >= 15 is 0 Å². The number of imidazole rings is 1. The lowest BCUT2D eigenvalue weighted by Crippen LogP contribution is -2.43. The molecule has 9 heteroatoms. The van der Waals surface area contributed by atoms with Gasteiger partial charge in [-0.1, -0.05) is 49.6 Å². The van der Waals surface area contributed by atoms with Gasteiger partial charge in [-0.25, -0.2) is 9.97 Å². The van der Waals surface area contributed by atoms with Crippen LogP contribution >= 0.6 is 0 Å². The highest BCUT2D eigenvalue weighted by atomic mass is 15.3. The van der Waals surface area contributed by atoms with Crippen LogP contribution in [0.3, 0.4) is 0 Å². The van der Waals surface area contributed by atoms with Gasteiger partial charge in [-0.3, -0.25) is 10.1 Å². The predicted octanol–water partition coefficient (Wildman–Crippen LogP) is 5.58. The van der Waals surface area contributed by atoms with Crippen LogP contribution in [0.4, 0.5) is 5.69 Å². The quantitative estimate of drug-likeness (QED) is 0.220. The third kappa shape index (κ3) is 5.39. The molecule has 0 unspecified atom stereocenters. The Labute approximate surface area is 239 Å². The third-order valence-electron chi connectivity index (χ3n) is 7.33. The number of rotatable bonds is 8. The fraction of sp³-hybridized carbons (Fsp3) is 0.188. The Hall–Kier alpha value is -5.02. The van der Waals surface area contributed by atoms with Crippen molar-refractivity contribution in [3.05, 3.63) is 103 Å². The molecule has 1 saturated heterocycles. The minimum atomic E-state index is 0.671. The number of nitrogens with one attached hydrogen (secondary N) is 3. The molecule has 1 aromatic carbocycles. The molecule has 1 aliphatic rings. The Balaban J connectivity index is 1.31. The molecule has 0 amide bonds. The monoisotopic (exact) mass is 543 g/mol. The van der Waals surface area contributed by atoms with Crippen LogP contribution in [-0.4, -0.2) is 73.2 Å². The summed E-state index contributed by atoms with van der Waals surface area (Å²) in [4.78, 5) is 22.6. The molecule has 4 aromatic heterocycles. The number of benzene rings is 1. The number of hydrogen-bond acceptors (Lipinski definition) is 7. The van der Waals surface area contributed by atoms with Crippen molar-refractivity contribution in [1.82, 2.24) is 39.9 Å². The van der Waals surface area contributed by atoms with E-state index in [9.17, 15) is 0 Å². The van der Waals surface area contributed by atoms with Crippen molar-refractivity contribution in [3.63, 3.8) is 0 Å². The molecule has 5 aromatic rings. The van der Waals surface area contributed by atoms with E-state index in [1.807, 2.05) is 73.8 Å². The number of anilines is 1. The van der Waals surface area contributed by atoms with Gasteiger partial charge in [0.25, 0.3) is 0 Å². The van der Waals surface area contributed by atoms with Gasteiger partial charge in [0.1, 0.15) is 11.2 Å². The smallest absolute Gasteiger partial charge is 0.161 e. The molecule has 0 spiro atoms. The van der Waals surface area contributed by atoms with Crippen molar-refractivity contribution in [2.45, 2.75) is 6.92 Å². The van der Waals surface area contributed by atoms with Crippen LogP contribution in [0.1, 0.15) is 17.0 Å². The molecule has 206 valence electrons. The highest BCUT2D eigenvalue weighted by Crippen LogP contribution is 2.30. The number of likely N-dealkylation sites (N-methyl/N-ethyl adjacent to an activating group) is 1. The molecule has 3 N–H and O–H groups in total. The zero-order valence-corrected chi connectivity index (χ0v) is 23.4. The number of aromatic amines is 2. The summed E-state index contributed by atoms with van der Waals surface area (Å²) in [5.74, 6) is 0.671. The topological polar surface area (TPSA) is 102 Å². The zero-order chi connectivity index (χ0) is 28.3. The van der Waals surface area contributed by atoms with E-state index in [0.29, 0.717) is 11.5 Å². The molecular formula is C32H33N9. The normalized spacial score (nSPS) is 14.4. The van der Waals surface area contributed by atoms with Crippen LogP contribution in [0.5, 0.6) is 0 Å². The molecule has 1 fully saturated rings. The van der Waals surface area contributed by atoms with Gasteiger partial charge in [0, 0.05) is 49.3 Å². The minimum Gasteiger partial charge on any atom is -0.367 e. The van der Waals surface area contributed by atoms with Crippen molar-refractivity contribution >= 4 is 28.1 Å². The summed E-state index contributed by atoms with van der Waals surface area (Å²) in [7, 11) is 2.15. The molecule has 5 heterocycles. The Morgan fingerprint density at radius 2 is 1.83 bits per heavy atom. The Kier molecular flexibility index (Phi) is 7.18. The van der Waals surface area contributed by atoms with Crippen molar-refractivity contribution in [2.75, 3.05) is 38.5 Å². The van der Waals surface area contributed by atoms with Gasteiger partial charge in [0.15, 0.2) is 11.5 Å². The van der Waals surface area contributed by atoms with Crippen molar-refractivity contribution in [1.29, 1.82) is 0 Å². The molecule has 0 aliphatic carbocycles. The van der Waals surface area contributed by atoms with Gasteiger partial charge >= 0.3 is 0 Å². The standard InChI is InChI=1S/C32H33N9/c1-5-9-28(41-16-14-40(4)15-17-41)29-22(3)35-32(37-29)31-30-27(38-39-31)13-12-26(36-30)24-18-25(20-33-19-24)34-21(2)23-10-7-6-8-11-23/h5-13,18-20,34H,1-2,14-17H2,3-4H3,(H,35,37)(H,38,39)/b28-9+. The average Bonchev–Trinajstić information content (AvgIpc) is 3.60. The van der Waals surface area contributed by atoms with E-state index in [2.05, 4.69) is 55.5 Å². The first-order valence-electron chi connectivity index (χ1n) is 13.7. The van der Waals surface area contributed by atoms with Gasteiger partial charge in [0.2, 0.25) is 0 Å². The first-order valence-corrected chi connectivity index (χ1v) is 13.7. The summed E-state index contributed by atoms with van der Waals surface area (Å²) in [6, 6.07) is 16.0. The second-order valence-corrected chi connectivity index (χ2v) is 10.2. The summed E-state index contributed by atoms with van der Waals surface area (Å²) >= 11 is 0. The van der Waals surface area contributed by atoms with Gasteiger partial charge in [-0.05, 0) is 43.8 Å². The molecule has 0 bridgehead atoms. The van der Waals surface area contributed by atoms with Crippen LogP contribution in [0.15, 0.2) is 86.2 Å². The number of aromatic nitrogens is 6. The first-order chi connectivity index (χ1) is 20.0. The highest BCUT2D eigenvalue weighted by Gasteiger charge is 2.23. The summed E-state index contributed by atoms with van der Waals surface area (Å²) in [6.07, 6.45) is 7.45. The van der Waals surface area contributed by atoms with Gasteiger partial charge < -0.3 is 20.1 Å². The molecule has 9 nitrogen and oxygen atoms in total. The highest BCUT2D eigenvalue weighted by molar-refractivity contribution is 5.90. The Morgan fingerprint density at radius 1 is 1.02 bits per heavy atom. The van der Waals surface area contributed by atoms with Crippen LogP contribution in [0, 0.1) is 6.92 Å². The van der Waals surface area contributed by atoms with E-state index in [-0.39, 0.29) is 0 Å². The molecule has 6 rings (SSSR count). The van der Waals surface area contributed by atoms with Crippen LogP contribution in [0.25, 0.3) is 45.2 Å². The predicted molar refractivity (Wildman–Crippen MR) is 166 cm³/mol. The summed E-state index contributed by atoms with van der Waals surface area (Å²) in [6.45, 7) is 14.1. The fourth-order valence-electron chi connectivity index (χ4n) is 5.07. The number of aryl methyl sites for hydroxylation is 1. The molecule has 0 atom stereocenters. The Bertz CT molecular complexity index is 1740. The Morgan fingerprint density at radius 3 is 2.61 bits per heavy atom. The number of pyridine rings is 2. The first kappa shape index (κ1) is 26.2. The maximum absolute atomic E-state index is 5.01. The molecular weight excluding hydrogens is 510 g/mol. The van der Waals surface area contributed by atoms with Gasteiger partial charge in [-0.15, -0.1) is 0 Å². The largest absolute Gasteiger partial charge is 0.367 e. The number of piperazine rings is 1. The number of H-pyrrole nitrogens is 2. The lowest BCUT2D eigenvalue weighted by molar-refractivity contribution is 0.207. The van der Waals surface area contributed by atoms with E-state index in [0.717, 1.165) is 82.5 Å².